The summed E-state index contributed by atoms with van der Waals surface area (Å²) in [6.45, 7) is 4.70. The lowest BCUT2D eigenvalue weighted by atomic mass is 9.82. The molecule has 0 spiro atoms. The number of furan rings is 1. The van der Waals surface area contributed by atoms with Crippen LogP contribution in [0.4, 0.5) is 17.1 Å². The van der Waals surface area contributed by atoms with Crippen LogP contribution in [0.15, 0.2) is 168 Å². The molecule has 10 rings (SSSR count). The van der Waals surface area contributed by atoms with Crippen molar-refractivity contribution in [1.82, 2.24) is 0 Å². The number of benzene rings is 8. The van der Waals surface area contributed by atoms with Gasteiger partial charge < -0.3 is 9.32 Å². The maximum absolute atomic E-state index is 6.75. The SMILES string of the molecule is CC1(C)c2ccccc2-c2c(N(c3ccccc3-c3ccc4ccccc4c3)c3cccc4oc5c6ccccc6ccc5c34)cccc21. The van der Waals surface area contributed by atoms with E-state index in [1.807, 2.05) is 0 Å². The zero-order chi connectivity index (χ0) is 32.7. The van der Waals surface area contributed by atoms with Gasteiger partial charge >= 0.3 is 0 Å². The number of hydrogen-bond acceptors (Lipinski definition) is 2. The molecule has 1 aromatic heterocycles. The minimum Gasteiger partial charge on any atom is -0.455 e. The maximum atomic E-state index is 6.75. The van der Waals surface area contributed by atoms with Crippen molar-refractivity contribution in [3.63, 3.8) is 0 Å². The second-order valence-corrected chi connectivity index (χ2v) is 13.7. The number of rotatable bonds is 4. The van der Waals surface area contributed by atoms with E-state index < -0.39 is 0 Å². The zero-order valence-corrected chi connectivity index (χ0v) is 27.4. The van der Waals surface area contributed by atoms with Gasteiger partial charge in [-0.05, 0) is 74.8 Å². The lowest BCUT2D eigenvalue weighted by Gasteiger charge is -2.31. The van der Waals surface area contributed by atoms with Crippen LogP contribution in [0, 0.1) is 0 Å². The average molecular weight is 628 g/mol. The van der Waals surface area contributed by atoms with Crippen LogP contribution in [0.5, 0.6) is 0 Å². The number of anilines is 3. The van der Waals surface area contributed by atoms with Crippen LogP contribution in [0.2, 0.25) is 0 Å². The van der Waals surface area contributed by atoms with Gasteiger partial charge in [0.25, 0.3) is 0 Å². The number of hydrogen-bond donors (Lipinski definition) is 0. The molecule has 0 saturated carbocycles. The van der Waals surface area contributed by atoms with Crippen molar-refractivity contribution >= 4 is 60.5 Å². The Balaban J connectivity index is 1.32. The van der Waals surface area contributed by atoms with Crippen molar-refractivity contribution < 1.29 is 4.42 Å². The third-order valence-corrected chi connectivity index (χ3v) is 10.6. The Labute approximate surface area is 285 Å². The Bertz CT molecular complexity index is 2770. The van der Waals surface area contributed by atoms with E-state index in [2.05, 4.69) is 183 Å². The van der Waals surface area contributed by atoms with Gasteiger partial charge in [0.2, 0.25) is 0 Å². The van der Waals surface area contributed by atoms with E-state index in [1.54, 1.807) is 0 Å². The highest BCUT2D eigenvalue weighted by Gasteiger charge is 2.38. The molecule has 8 aromatic carbocycles. The van der Waals surface area contributed by atoms with Crippen LogP contribution in [-0.4, -0.2) is 0 Å². The van der Waals surface area contributed by atoms with Gasteiger partial charge in [-0.25, -0.2) is 0 Å². The van der Waals surface area contributed by atoms with E-state index in [1.165, 1.54) is 49.5 Å². The molecular weight excluding hydrogens is 595 g/mol. The van der Waals surface area contributed by atoms with Gasteiger partial charge in [-0.2, -0.15) is 0 Å². The van der Waals surface area contributed by atoms with Gasteiger partial charge in [0.1, 0.15) is 11.2 Å². The molecule has 0 aliphatic heterocycles. The molecule has 0 atom stereocenters. The summed E-state index contributed by atoms with van der Waals surface area (Å²) < 4.78 is 6.75. The van der Waals surface area contributed by atoms with E-state index >= 15 is 0 Å². The molecule has 0 bridgehead atoms. The summed E-state index contributed by atoms with van der Waals surface area (Å²) in [5.74, 6) is 0. The summed E-state index contributed by atoms with van der Waals surface area (Å²) in [5.41, 5.74) is 12.7. The predicted octanol–water partition coefficient (Wildman–Crippen LogP) is 13.3. The van der Waals surface area contributed by atoms with Gasteiger partial charge in [-0.15, -0.1) is 0 Å². The molecule has 232 valence electrons. The average Bonchev–Trinajstić information content (AvgIpc) is 3.65. The smallest absolute Gasteiger partial charge is 0.143 e. The number of nitrogens with zero attached hydrogens (tertiary/aromatic N) is 1. The molecule has 0 fully saturated rings. The summed E-state index contributed by atoms with van der Waals surface area (Å²) >= 11 is 0. The maximum Gasteiger partial charge on any atom is 0.143 e. The fraction of sp³-hybridized carbons (Fsp3) is 0.0638. The van der Waals surface area contributed by atoms with Crippen LogP contribution in [-0.2, 0) is 5.41 Å². The Hall–Kier alpha value is -6.12. The first-order valence-corrected chi connectivity index (χ1v) is 17.0. The lowest BCUT2D eigenvalue weighted by molar-refractivity contribution is 0.660. The highest BCUT2D eigenvalue weighted by atomic mass is 16.3. The first-order valence-electron chi connectivity index (χ1n) is 17.0. The molecule has 0 N–H and O–H groups in total. The lowest BCUT2D eigenvalue weighted by Crippen LogP contribution is -2.16. The molecule has 2 nitrogen and oxygen atoms in total. The fourth-order valence-corrected chi connectivity index (χ4v) is 8.30. The standard InChI is InChI=1S/C47H33NO/c1-47(2)38-19-9-7-18-36(38)44-39(47)20-11-22-41(44)48(40-21-10-8-16-34(40)33-26-25-30-13-3-4-15-32(30)29-33)42-23-12-24-43-45(42)37-28-27-31-14-5-6-17-35(31)46(37)49-43/h3-29H,1-2H3. The molecule has 1 heterocycles. The summed E-state index contributed by atoms with van der Waals surface area (Å²) in [6, 6.07) is 59.5. The Morgan fingerprint density at radius 3 is 2.02 bits per heavy atom. The van der Waals surface area contributed by atoms with Crippen LogP contribution >= 0.6 is 0 Å². The van der Waals surface area contributed by atoms with E-state index in [9.17, 15) is 0 Å². The molecule has 49 heavy (non-hydrogen) atoms. The Kier molecular flexibility index (Phi) is 5.95. The number of fused-ring (bicyclic) bond motifs is 9. The van der Waals surface area contributed by atoms with Crippen molar-refractivity contribution in [3.8, 4) is 22.3 Å². The van der Waals surface area contributed by atoms with Crippen LogP contribution < -0.4 is 4.90 Å². The van der Waals surface area contributed by atoms with Crippen molar-refractivity contribution in [3.05, 3.63) is 175 Å². The van der Waals surface area contributed by atoms with Crippen molar-refractivity contribution in [2.75, 3.05) is 4.90 Å². The van der Waals surface area contributed by atoms with E-state index in [-0.39, 0.29) is 5.41 Å². The molecule has 0 amide bonds. The van der Waals surface area contributed by atoms with Crippen molar-refractivity contribution in [1.29, 1.82) is 0 Å². The molecular formula is C47H33NO. The molecule has 0 radical (unpaired) electrons. The quantitative estimate of drug-likeness (QED) is 0.193. The Morgan fingerprint density at radius 1 is 0.469 bits per heavy atom. The fourth-order valence-electron chi connectivity index (χ4n) is 8.30. The van der Waals surface area contributed by atoms with Gasteiger partial charge in [0.15, 0.2) is 0 Å². The predicted molar refractivity (Wildman–Crippen MR) is 206 cm³/mol. The molecule has 1 aliphatic rings. The monoisotopic (exact) mass is 627 g/mol. The second kappa shape index (κ2) is 10.4. The molecule has 9 aromatic rings. The molecule has 0 unspecified atom stereocenters. The summed E-state index contributed by atoms with van der Waals surface area (Å²) in [4.78, 5) is 2.49. The minimum absolute atomic E-state index is 0.126. The number of para-hydroxylation sites is 1. The Morgan fingerprint density at radius 2 is 1.12 bits per heavy atom. The molecule has 2 heteroatoms. The first-order chi connectivity index (χ1) is 24.1. The highest BCUT2D eigenvalue weighted by Crippen LogP contribution is 2.56. The van der Waals surface area contributed by atoms with Crippen LogP contribution in [0.1, 0.15) is 25.0 Å². The summed E-state index contributed by atoms with van der Waals surface area (Å²) in [5, 5.41) is 7.00. The largest absolute Gasteiger partial charge is 0.455 e. The van der Waals surface area contributed by atoms with Crippen LogP contribution in [0.25, 0.3) is 65.7 Å². The van der Waals surface area contributed by atoms with Gasteiger partial charge in [-0.3, -0.25) is 0 Å². The molecule has 1 aliphatic carbocycles. The summed E-state index contributed by atoms with van der Waals surface area (Å²) in [6.07, 6.45) is 0. The van der Waals surface area contributed by atoms with Crippen molar-refractivity contribution in [2.24, 2.45) is 0 Å². The second-order valence-electron chi connectivity index (χ2n) is 13.7. The zero-order valence-electron chi connectivity index (χ0n) is 27.4. The van der Waals surface area contributed by atoms with Gasteiger partial charge in [-0.1, -0.05) is 141 Å². The first kappa shape index (κ1) is 27.9. The van der Waals surface area contributed by atoms with Gasteiger partial charge in [0.05, 0.1) is 22.4 Å². The van der Waals surface area contributed by atoms with Gasteiger partial charge in [0, 0.05) is 27.3 Å². The topological polar surface area (TPSA) is 16.4 Å². The molecule has 0 saturated heterocycles. The third kappa shape index (κ3) is 4.07. The highest BCUT2D eigenvalue weighted by molar-refractivity contribution is 6.20. The van der Waals surface area contributed by atoms with E-state index in [0.717, 1.165) is 44.4 Å². The third-order valence-electron chi connectivity index (χ3n) is 10.6. The summed E-state index contributed by atoms with van der Waals surface area (Å²) in [7, 11) is 0. The van der Waals surface area contributed by atoms with Crippen molar-refractivity contribution in [2.45, 2.75) is 19.3 Å². The van der Waals surface area contributed by atoms with E-state index in [0.29, 0.717) is 0 Å². The normalized spacial score (nSPS) is 13.3. The van der Waals surface area contributed by atoms with E-state index in [4.69, 9.17) is 4.42 Å². The minimum atomic E-state index is -0.126. The van der Waals surface area contributed by atoms with Crippen LogP contribution in [0.3, 0.4) is 0 Å².